The minimum Gasteiger partial charge on any atom is -0.486 e. The summed E-state index contributed by atoms with van der Waals surface area (Å²) in [5.74, 6) is -0.0152. The normalized spacial score (nSPS) is 14.4. The summed E-state index contributed by atoms with van der Waals surface area (Å²) in [6.07, 6.45) is 2.04. The van der Waals surface area contributed by atoms with Crippen LogP contribution in [0.15, 0.2) is 36.4 Å². The molecule has 0 spiro atoms. The molecule has 2 aromatic rings. The number of halogens is 2. The van der Waals surface area contributed by atoms with Gasteiger partial charge < -0.3 is 19.7 Å². The number of nitrogens with one attached hydrogen (secondary N) is 1. The van der Waals surface area contributed by atoms with Gasteiger partial charge in [0.2, 0.25) is 21.8 Å². The van der Waals surface area contributed by atoms with Crippen LogP contribution in [0.1, 0.15) is 39.2 Å². The lowest BCUT2D eigenvalue weighted by atomic mass is 10.1. The zero-order valence-corrected chi connectivity index (χ0v) is 24.2. The fourth-order valence-corrected chi connectivity index (χ4v) is 5.30. The number of hydrogen-bond donors (Lipinski definition) is 1. The highest BCUT2D eigenvalue weighted by Crippen LogP contribution is 2.35. The Morgan fingerprint density at radius 3 is 2.32 bits per heavy atom. The van der Waals surface area contributed by atoms with Gasteiger partial charge in [-0.3, -0.25) is 13.9 Å². The predicted octanol–water partition coefficient (Wildman–Crippen LogP) is 4.25. The summed E-state index contributed by atoms with van der Waals surface area (Å²) in [5, 5.41) is 3.69. The maximum absolute atomic E-state index is 13.8. The number of benzene rings is 2. The van der Waals surface area contributed by atoms with E-state index in [0.29, 0.717) is 53.2 Å². The van der Waals surface area contributed by atoms with E-state index in [9.17, 15) is 18.0 Å². The maximum Gasteiger partial charge on any atom is 0.244 e. The smallest absolute Gasteiger partial charge is 0.244 e. The number of carbonyl (C=O) groups excluding carboxylic acids is 2. The molecule has 2 amide bonds. The Kier molecular flexibility index (Phi) is 10.1. The molecule has 2 atom stereocenters. The third kappa shape index (κ3) is 7.45. The van der Waals surface area contributed by atoms with Gasteiger partial charge in [0.25, 0.3) is 0 Å². The topological polar surface area (TPSA) is 105 Å². The van der Waals surface area contributed by atoms with Gasteiger partial charge in [0.05, 0.1) is 11.9 Å². The van der Waals surface area contributed by atoms with Crippen LogP contribution < -0.4 is 19.1 Å². The van der Waals surface area contributed by atoms with E-state index in [1.165, 1.54) is 11.0 Å². The lowest BCUT2D eigenvalue weighted by molar-refractivity contribution is -0.140. The third-order valence-electron chi connectivity index (χ3n) is 6.24. The van der Waals surface area contributed by atoms with Crippen molar-refractivity contribution < 1.29 is 27.5 Å². The average Bonchev–Trinajstić information content (AvgIpc) is 2.87. The second-order valence-electron chi connectivity index (χ2n) is 9.10. The van der Waals surface area contributed by atoms with Crippen LogP contribution in [0, 0.1) is 0 Å². The van der Waals surface area contributed by atoms with E-state index >= 15 is 0 Å². The summed E-state index contributed by atoms with van der Waals surface area (Å²) >= 11 is 12.4. The molecular weight excluding hydrogens is 553 g/mol. The number of hydrogen-bond acceptors (Lipinski definition) is 6. The Balaban J connectivity index is 1.98. The summed E-state index contributed by atoms with van der Waals surface area (Å²) in [5.41, 5.74) is 0.816. The number of amides is 2. The molecule has 1 N–H and O–H groups in total. The second kappa shape index (κ2) is 12.9. The summed E-state index contributed by atoms with van der Waals surface area (Å²) in [4.78, 5) is 28.4. The van der Waals surface area contributed by atoms with E-state index in [1.54, 1.807) is 37.3 Å². The number of sulfonamides is 1. The van der Waals surface area contributed by atoms with E-state index in [-0.39, 0.29) is 24.2 Å². The van der Waals surface area contributed by atoms with E-state index in [0.717, 1.165) is 10.6 Å². The van der Waals surface area contributed by atoms with Crippen LogP contribution in [-0.2, 0) is 26.2 Å². The van der Waals surface area contributed by atoms with Crippen molar-refractivity contribution in [2.45, 2.75) is 52.2 Å². The van der Waals surface area contributed by atoms with Gasteiger partial charge in [-0.25, -0.2) is 8.42 Å². The van der Waals surface area contributed by atoms with Crippen LogP contribution in [0.2, 0.25) is 10.0 Å². The minimum absolute atomic E-state index is 0.0139. The maximum atomic E-state index is 13.8. The Morgan fingerprint density at radius 1 is 1.03 bits per heavy atom. The first kappa shape index (κ1) is 29.9. The summed E-state index contributed by atoms with van der Waals surface area (Å²) in [7, 11) is -3.89. The Morgan fingerprint density at radius 2 is 1.71 bits per heavy atom. The Labute approximate surface area is 234 Å². The van der Waals surface area contributed by atoms with Gasteiger partial charge >= 0.3 is 0 Å². The van der Waals surface area contributed by atoms with Gasteiger partial charge in [-0.2, -0.15) is 0 Å². The van der Waals surface area contributed by atoms with Gasteiger partial charge in [0.15, 0.2) is 11.5 Å². The molecular formula is C26H33Cl2N3O6S. The molecule has 0 radical (unpaired) electrons. The number of ether oxygens (including phenoxy) is 2. The van der Waals surface area contributed by atoms with Crippen LogP contribution in [-0.4, -0.2) is 63.2 Å². The summed E-state index contributed by atoms with van der Waals surface area (Å²) in [6, 6.07) is 8.60. The molecule has 0 unspecified atom stereocenters. The quantitative estimate of drug-likeness (QED) is 0.422. The molecule has 0 aromatic heterocycles. The highest BCUT2D eigenvalue weighted by Gasteiger charge is 2.33. The van der Waals surface area contributed by atoms with Crippen molar-refractivity contribution in [3.8, 4) is 11.5 Å². The van der Waals surface area contributed by atoms with Crippen LogP contribution in [0.25, 0.3) is 0 Å². The number of anilines is 1. The first-order chi connectivity index (χ1) is 17.9. The Hall–Kier alpha value is -2.69. The van der Waals surface area contributed by atoms with Crippen molar-refractivity contribution in [1.29, 1.82) is 0 Å². The fraction of sp³-hybridized carbons (Fsp3) is 0.462. The first-order valence-corrected chi connectivity index (χ1v) is 15.0. The van der Waals surface area contributed by atoms with Crippen molar-refractivity contribution >= 4 is 50.7 Å². The van der Waals surface area contributed by atoms with Gasteiger partial charge in [-0.1, -0.05) is 43.1 Å². The number of nitrogens with zero attached hydrogens (tertiary/aromatic N) is 2. The van der Waals surface area contributed by atoms with Crippen molar-refractivity contribution in [1.82, 2.24) is 10.2 Å². The van der Waals surface area contributed by atoms with Crippen molar-refractivity contribution in [3.05, 3.63) is 52.0 Å². The van der Waals surface area contributed by atoms with E-state index in [1.807, 2.05) is 13.8 Å². The van der Waals surface area contributed by atoms with E-state index in [2.05, 4.69) is 5.32 Å². The van der Waals surface area contributed by atoms with Crippen LogP contribution >= 0.6 is 23.2 Å². The molecule has 9 nitrogen and oxygen atoms in total. The highest BCUT2D eigenvalue weighted by atomic mass is 35.5. The molecule has 1 aliphatic rings. The minimum atomic E-state index is -3.89. The molecule has 0 saturated carbocycles. The molecule has 0 saturated heterocycles. The van der Waals surface area contributed by atoms with Crippen LogP contribution in [0.3, 0.4) is 0 Å². The predicted molar refractivity (Wildman–Crippen MR) is 149 cm³/mol. The zero-order valence-electron chi connectivity index (χ0n) is 21.9. The lowest BCUT2D eigenvalue weighted by Crippen LogP contribution is -2.53. The van der Waals surface area contributed by atoms with Gasteiger partial charge in [-0.15, -0.1) is 0 Å². The summed E-state index contributed by atoms with van der Waals surface area (Å²) in [6.45, 7) is 5.78. The lowest BCUT2D eigenvalue weighted by Gasteiger charge is -2.33. The molecule has 3 rings (SSSR count). The Bertz CT molecular complexity index is 1270. The molecule has 0 aliphatic carbocycles. The van der Waals surface area contributed by atoms with Crippen molar-refractivity contribution in [2.75, 3.05) is 30.3 Å². The average molecular weight is 587 g/mol. The van der Waals surface area contributed by atoms with Gasteiger partial charge in [0, 0.05) is 28.7 Å². The zero-order chi connectivity index (χ0) is 28.0. The molecule has 0 bridgehead atoms. The highest BCUT2D eigenvalue weighted by molar-refractivity contribution is 7.92. The molecule has 208 valence electrons. The van der Waals surface area contributed by atoms with E-state index < -0.39 is 28.5 Å². The first-order valence-electron chi connectivity index (χ1n) is 12.4. The number of fused-ring (bicyclic) bond motifs is 1. The van der Waals surface area contributed by atoms with Crippen molar-refractivity contribution in [2.24, 2.45) is 0 Å². The fourth-order valence-electron chi connectivity index (χ4n) is 3.99. The van der Waals surface area contributed by atoms with Crippen LogP contribution in [0.4, 0.5) is 5.69 Å². The third-order valence-corrected chi connectivity index (χ3v) is 7.96. The van der Waals surface area contributed by atoms with Crippen molar-refractivity contribution in [3.63, 3.8) is 0 Å². The largest absolute Gasteiger partial charge is 0.486 e. The molecule has 12 heteroatoms. The second-order valence-corrected chi connectivity index (χ2v) is 11.8. The van der Waals surface area contributed by atoms with E-state index in [4.69, 9.17) is 32.7 Å². The molecule has 1 aliphatic heterocycles. The number of carbonyl (C=O) groups is 2. The summed E-state index contributed by atoms with van der Waals surface area (Å²) < 4.78 is 37.8. The molecule has 1 heterocycles. The number of rotatable bonds is 11. The van der Waals surface area contributed by atoms with Crippen LogP contribution in [0.5, 0.6) is 11.5 Å². The molecule has 2 aromatic carbocycles. The standard InChI is InChI=1S/C26H33Cl2N3O6S/c1-5-17(3)29-26(33)22(6-2)30(15-18-7-8-19(27)13-21(18)28)25(32)16-31(38(4,34)35)20-9-10-23-24(14-20)37-12-11-36-23/h7-10,13-14,17,22H,5-6,11-12,15-16H2,1-4H3,(H,29,33)/t17-,22-/m1/s1. The monoisotopic (exact) mass is 585 g/mol. The van der Waals surface area contributed by atoms with Gasteiger partial charge in [0.1, 0.15) is 25.8 Å². The molecule has 38 heavy (non-hydrogen) atoms. The SMILES string of the molecule is CC[C@@H](C)NC(=O)[C@@H](CC)N(Cc1ccc(Cl)cc1Cl)C(=O)CN(c1ccc2c(c1)OCCO2)S(C)(=O)=O. The molecule has 0 fully saturated rings. The van der Waals surface area contributed by atoms with Gasteiger partial charge in [-0.05, 0) is 49.6 Å².